The van der Waals surface area contributed by atoms with Crippen molar-refractivity contribution in [3.05, 3.63) is 53.6 Å². The molecule has 128 valence electrons. The maximum absolute atomic E-state index is 12.8. The van der Waals surface area contributed by atoms with Crippen LogP contribution < -0.4 is 5.32 Å². The topological polar surface area (TPSA) is 29.1 Å². The fourth-order valence-corrected chi connectivity index (χ4v) is 3.95. The molecular formula is C22H29NO. The number of carbonyl (C=O) groups excluding carboxylic acids is 1. The van der Waals surface area contributed by atoms with Crippen LogP contribution in [-0.2, 0) is 4.79 Å². The molecule has 1 amide bonds. The average Bonchev–Trinajstić information content (AvgIpc) is 3.23. The van der Waals surface area contributed by atoms with Gasteiger partial charge >= 0.3 is 0 Å². The van der Waals surface area contributed by atoms with Gasteiger partial charge in [-0.15, -0.1) is 0 Å². The van der Waals surface area contributed by atoms with Crippen molar-refractivity contribution in [2.45, 2.75) is 52.4 Å². The normalized spacial score (nSPS) is 29.5. The molecule has 0 bridgehead atoms. The molecule has 0 aliphatic heterocycles. The van der Waals surface area contributed by atoms with Crippen LogP contribution in [0.2, 0.25) is 0 Å². The second-order valence-electron chi connectivity index (χ2n) is 7.34. The van der Waals surface area contributed by atoms with E-state index in [1.165, 1.54) is 5.56 Å². The number of anilines is 1. The fraction of sp³-hybridized carbons (Fsp3) is 0.500. The van der Waals surface area contributed by atoms with Crippen LogP contribution in [0, 0.1) is 31.6 Å². The summed E-state index contributed by atoms with van der Waals surface area (Å²) in [6, 6.07) is 6.25. The number of hydrogen-bond donors (Lipinski definition) is 1. The first-order valence-corrected chi connectivity index (χ1v) is 9.35. The summed E-state index contributed by atoms with van der Waals surface area (Å²) in [5, 5.41) is 3.19. The summed E-state index contributed by atoms with van der Waals surface area (Å²) >= 11 is 0. The number of nitrogens with one attached hydrogen (secondary N) is 1. The number of hydrogen-bond acceptors (Lipinski definition) is 1. The van der Waals surface area contributed by atoms with E-state index < -0.39 is 0 Å². The van der Waals surface area contributed by atoms with Gasteiger partial charge in [-0.3, -0.25) is 4.79 Å². The van der Waals surface area contributed by atoms with Crippen LogP contribution in [-0.4, -0.2) is 5.91 Å². The maximum Gasteiger partial charge on any atom is 0.228 e. The summed E-state index contributed by atoms with van der Waals surface area (Å²) in [6.45, 7) is 4.12. The quantitative estimate of drug-likeness (QED) is 0.708. The Labute approximate surface area is 146 Å². The third-order valence-electron chi connectivity index (χ3n) is 5.45. The Morgan fingerprint density at radius 1 is 0.917 bits per heavy atom. The molecule has 0 heterocycles. The smallest absolute Gasteiger partial charge is 0.228 e. The van der Waals surface area contributed by atoms with E-state index in [9.17, 15) is 4.79 Å². The third kappa shape index (κ3) is 4.17. The highest BCUT2D eigenvalue weighted by atomic mass is 16.2. The maximum atomic E-state index is 12.8. The Balaban J connectivity index is 1.65. The first kappa shape index (κ1) is 17.0. The predicted molar refractivity (Wildman–Crippen MR) is 101 cm³/mol. The van der Waals surface area contributed by atoms with E-state index in [4.69, 9.17) is 0 Å². The van der Waals surface area contributed by atoms with Crippen molar-refractivity contribution in [1.29, 1.82) is 0 Å². The molecule has 0 aromatic heterocycles. The van der Waals surface area contributed by atoms with Crippen molar-refractivity contribution in [1.82, 2.24) is 0 Å². The summed E-state index contributed by atoms with van der Waals surface area (Å²) in [6.07, 6.45) is 16.0. The molecule has 1 N–H and O–H groups in total. The molecule has 2 aliphatic rings. The minimum atomic E-state index is 0.201. The lowest BCUT2D eigenvalue weighted by Crippen LogP contribution is -2.16. The molecule has 2 aliphatic carbocycles. The number of benzene rings is 1. The largest absolute Gasteiger partial charge is 0.326 e. The highest BCUT2D eigenvalue weighted by molar-refractivity contribution is 5.95. The summed E-state index contributed by atoms with van der Waals surface area (Å²) in [5.74, 6) is 1.55. The number of allylic oxidation sites excluding steroid dienone is 4. The summed E-state index contributed by atoms with van der Waals surface area (Å²) in [5.41, 5.74) is 3.30. The van der Waals surface area contributed by atoms with E-state index in [1.807, 2.05) is 0 Å². The highest BCUT2D eigenvalue weighted by Crippen LogP contribution is 2.52. The minimum Gasteiger partial charge on any atom is -0.326 e. The van der Waals surface area contributed by atoms with Gasteiger partial charge in [0.2, 0.25) is 5.91 Å². The van der Waals surface area contributed by atoms with Crippen LogP contribution >= 0.6 is 0 Å². The van der Waals surface area contributed by atoms with Crippen molar-refractivity contribution >= 4 is 11.6 Å². The van der Waals surface area contributed by atoms with Crippen molar-refractivity contribution < 1.29 is 4.79 Å². The number of fused-ring (bicyclic) bond motifs is 1. The van der Waals surface area contributed by atoms with Gasteiger partial charge in [-0.2, -0.15) is 0 Å². The summed E-state index contributed by atoms with van der Waals surface area (Å²) in [4.78, 5) is 12.8. The summed E-state index contributed by atoms with van der Waals surface area (Å²) < 4.78 is 0. The molecule has 1 fully saturated rings. The van der Waals surface area contributed by atoms with Gasteiger partial charge in [0.15, 0.2) is 0 Å². The van der Waals surface area contributed by atoms with Crippen LogP contribution in [0.5, 0.6) is 0 Å². The van der Waals surface area contributed by atoms with E-state index >= 15 is 0 Å². The highest BCUT2D eigenvalue weighted by Gasteiger charge is 2.52. The second kappa shape index (κ2) is 7.83. The van der Waals surface area contributed by atoms with Gasteiger partial charge in [0, 0.05) is 11.6 Å². The van der Waals surface area contributed by atoms with Gasteiger partial charge in [-0.25, -0.2) is 0 Å². The Bertz CT molecular complexity index is 619. The number of rotatable bonds is 2. The van der Waals surface area contributed by atoms with Crippen LogP contribution in [0.4, 0.5) is 5.69 Å². The van der Waals surface area contributed by atoms with E-state index in [2.05, 4.69) is 61.7 Å². The standard InChI is InChI=1S/C22H29NO/c1-16-13-14-17(2)20(15-16)23-22(24)21-18-11-9-7-5-3-4-6-8-10-12-19(18)21/h5-8,13-15,18-19,21H,3-4,9-12H2,1-2H3,(H,23,24)/b7-5-,8-6+/t18-,19+,21?/m1/s1. The molecule has 1 saturated carbocycles. The predicted octanol–water partition coefficient (Wildman–Crippen LogP) is 5.57. The molecular weight excluding hydrogens is 294 g/mol. The van der Waals surface area contributed by atoms with Crippen LogP contribution in [0.15, 0.2) is 42.5 Å². The molecule has 1 aromatic rings. The molecule has 0 saturated heterocycles. The average molecular weight is 323 g/mol. The lowest BCUT2D eigenvalue weighted by molar-refractivity contribution is -0.117. The lowest BCUT2D eigenvalue weighted by Gasteiger charge is -2.09. The van der Waals surface area contributed by atoms with Crippen molar-refractivity contribution in [2.75, 3.05) is 5.32 Å². The van der Waals surface area contributed by atoms with Crippen LogP contribution in [0.3, 0.4) is 0 Å². The van der Waals surface area contributed by atoms with E-state index in [-0.39, 0.29) is 11.8 Å². The zero-order valence-corrected chi connectivity index (χ0v) is 14.9. The van der Waals surface area contributed by atoms with Gasteiger partial charge in [0.25, 0.3) is 0 Å². The van der Waals surface area contributed by atoms with Crippen molar-refractivity contribution in [3.8, 4) is 0 Å². The van der Waals surface area contributed by atoms with E-state index in [0.29, 0.717) is 11.8 Å². The van der Waals surface area contributed by atoms with Crippen molar-refractivity contribution in [2.24, 2.45) is 17.8 Å². The first-order valence-electron chi connectivity index (χ1n) is 9.35. The molecule has 1 unspecified atom stereocenters. The molecule has 0 spiro atoms. The first-order chi connectivity index (χ1) is 11.7. The molecule has 3 rings (SSSR count). The van der Waals surface area contributed by atoms with Gasteiger partial charge in [0.05, 0.1) is 0 Å². The van der Waals surface area contributed by atoms with Gasteiger partial charge in [-0.05, 0) is 81.4 Å². The van der Waals surface area contributed by atoms with Crippen molar-refractivity contribution in [3.63, 3.8) is 0 Å². The SMILES string of the molecule is Cc1ccc(C)c(NC(=O)C2[C@H]3CC/C=C/CC/C=C\CC[C@@H]23)c1. The van der Waals surface area contributed by atoms with Gasteiger partial charge in [-0.1, -0.05) is 36.4 Å². The zero-order valence-electron chi connectivity index (χ0n) is 14.9. The number of aryl methyl sites for hydroxylation is 2. The number of amides is 1. The second-order valence-corrected chi connectivity index (χ2v) is 7.34. The monoisotopic (exact) mass is 323 g/mol. The minimum absolute atomic E-state index is 0.201. The van der Waals surface area contributed by atoms with Crippen LogP contribution in [0.25, 0.3) is 0 Å². The molecule has 2 nitrogen and oxygen atoms in total. The van der Waals surface area contributed by atoms with Crippen LogP contribution in [0.1, 0.15) is 49.7 Å². The van der Waals surface area contributed by atoms with Gasteiger partial charge < -0.3 is 5.32 Å². The summed E-state index contributed by atoms with van der Waals surface area (Å²) in [7, 11) is 0. The molecule has 0 radical (unpaired) electrons. The van der Waals surface area contributed by atoms with E-state index in [0.717, 1.165) is 49.8 Å². The van der Waals surface area contributed by atoms with Gasteiger partial charge in [0.1, 0.15) is 0 Å². The third-order valence-corrected chi connectivity index (χ3v) is 5.45. The molecule has 1 aromatic carbocycles. The Kier molecular flexibility index (Phi) is 5.55. The molecule has 24 heavy (non-hydrogen) atoms. The van der Waals surface area contributed by atoms with E-state index in [1.54, 1.807) is 0 Å². The lowest BCUT2D eigenvalue weighted by atomic mass is 10.1. The number of carbonyl (C=O) groups is 1. The zero-order chi connectivity index (χ0) is 16.9. The molecule has 3 atom stereocenters. The molecule has 2 heteroatoms. The Morgan fingerprint density at radius 2 is 1.50 bits per heavy atom. The Morgan fingerprint density at radius 3 is 2.12 bits per heavy atom. The fourth-order valence-electron chi connectivity index (χ4n) is 3.95. The Hall–Kier alpha value is -1.83.